The highest BCUT2D eigenvalue weighted by Crippen LogP contribution is 2.80. The SMILES string of the molecule is CC(C)[C@H]1CC[C@@]2(C)[C@@H]3CC[C@]45CCC[C@H]4[C@@]2(CCO)[C@H]1NC35. The minimum atomic E-state index is 0.376. The zero-order valence-corrected chi connectivity index (χ0v) is 15.3. The van der Waals surface area contributed by atoms with Crippen molar-refractivity contribution in [2.45, 2.75) is 84.2 Å². The highest BCUT2D eigenvalue weighted by molar-refractivity contribution is 5.31. The average Bonchev–Trinajstić information content (AvgIpc) is 3.07. The largest absolute Gasteiger partial charge is 0.396 e. The maximum atomic E-state index is 10.1. The normalized spacial score (nSPS) is 59.6. The lowest BCUT2D eigenvalue weighted by molar-refractivity contribution is -0.249. The zero-order chi connectivity index (χ0) is 16.0. The van der Waals surface area contributed by atoms with Gasteiger partial charge in [-0.15, -0.1) is 0 Å². The summed E-state index contributed by atoms with van der Waals surface area (Å²) in [6, 6.07) is 1.47. The van der Waals surface area contributed by atoms with Gasteiger partial charge in [-0.2, -0.15) is 0 Å². The van der Waals surface area contributed by atoms with Crippen LogP contribution in [0.5, 0.6) is 0 Å². The van der Waals surface area contributed by atoms with Crippen LogP contribution in [-0.4, -0.2) is 23.8 Å². The molecule has 0 aromatic heterocycles. The minimum absolute atomic E-state index is 0.376. The third-order valence-corrected chi connectivity index (χ3v) is 10.00. The molecule has 2 saturated heterocycles. The van der Waals surface area contributed by atoms with Crippen LogP contribution in [0, 0.1) is 39.9 Å². The summed E-state index contributed by atoms with van der Waals surface area (Å²) in [6.07, 6.45) is 11.2. The van der Waals surface area contributed by atoms with Gasteiger partial charge in [0.25, 0.3) is 0 Å². The summed E-state index contributed by atoms with van der Waals surface area (Å²) in [5.74, 6) is 3.35. The topological polar surface area (TPSA) is 32.3 Å². The second-order valence-electron chi connectivity index (χ2n) is 10.3. The van der Waals surface area contributed by atoms with E-state index >= 15 is 0 Å². The van der Waals surface area contributed by atoms with E-state index < -0.39 is 0 Å². The summed E-state index contributed by atoms with van der Waals surface area (Å²) in [5.41, 5.74) is 1.47. The lowest BCUT2D eigenvalue weighted by atomic mass is 9.34. The van der Waals surface area contributed by atoms with Crippen LogP contribution in [0.2, 0.25) is 0 Å². The molecule has 2 N–H and O–H groups in total. The smallest absolute Gasteiger partial charge is 0.0437 e. The van der Waals surface area contributed by atoms with Crippen molar-refractivity contribution in [1.29, 1.82) is 0 Å². The Morgan fingerprint density at radius 1 is 1.09 bits per heavy atom. The second-order valence-corrected chi connectivity index (χ2v) is 10.3. The van der Waals surface area contributed by atoms with Gasteiger partial charge < -0.3 is 10.4 Å². The standard InChI is InChI=1S/C21H35NO/c1-13(2)14-6-9-19(3)15-7-10-20-8-4-5-16(20)21(19,11-12-23)17(14)22-18(15)20/h13-18,22-23H,4-12H2,1-3H3/t14-,15-,16-,17+,18?,19+,20-,21+/m1/s1. The van der Waals surface area contributed by atoms with E-state index in [1.165, 1.54) is 44.9 Å². The van der Waals surface area contributed by atoms with Crippen molar-refractivity contribution >= 4 is 0 Å². The van der Waals surface area contributed by atoms with Crippen molar-refractivity contribution in [2.75, 3.05) is 6.61 Å². The first-order valence-electron chi connectivity index (χ1n) is 10.4. The van der Waals surface area contributed by atoms with Gasteiger partial charge >= 0.3 is 0 Å². The predicted octanol–water partition coefficient (Wildman–Crippen LogP) is 3.98. The molecule has 2 aliphatic heterocycles. The molecule has 6 fully saturated rings. The first kappa shape index (κ1) is 15.2. The molecule has 2 heteroatoms. The molecule has 6 bridgehead atoms. The Morgan fingerprint density at radius 3 is 2.65 bits per heavy atom. The van der Waals surface area contributed by atoms with E-state index in [4.69, 9.17) is 0 Å². The molecule has 6 aliphatic rings. The monoisotopic (exact) mass is 317 g/mol. The summed E-state index contributed by atoms with van der Waals surface area (Å²) in [6.45, 7) is 7.91. The van der Waals surface area contributed by atoms with E-state index in [2.05, 4.69) is 26.1 Å². The Balaban J connectivity index is 1.71. The Hall–Kier alpha value is -0.0800. The summed E-state index contributed by atoms with van der Waals surface area (Å²) in [4.78, 5) is 0. The molecule has 1 unspecified atom stereocenters. The zero-order valence-electron chi connectivity index (χ0n) is 15.3. The van der Waals surface area contributed by atoms with Crippen LogP contribution in [0.25, 0.3) is 0 Å². The number of hydrogen-bond acceptors (Lipinski definition) is 2. The maximum Gasteiger partial charge on any atom is 0.0437 e. The van der Waals surface area contributed by atoms with Crippen LogP contribution in [-0.2, 0) is 0 Å². The number of aliphatic hydroxyl groups excluding tert-OH is 1. The molecule has 23 heavy (non-hydrogen) atoms. The Labute approximate surface area is 141 Å². The Bertz CT molecular complexity index is 518. The van der Waals surface area contributed by atoms with Crippen LogP contribution in [0.3, 0.4) is 0 Å². The molecule has 2 heterocycles. The fraction of sp³-hybridized carbons (Fsp3) is 1.00. The summed E-state index contributed by atoms with van der Waals surface area (Å²) >= 11 is 0. The molecule has 1 spiro atoms. The Kier molecular flexibility index (Phi) is 3.01. The van der Waals surface area contributed by atoms with Crippen LogP contribution >= 0.6 is 0 Å². The van der Waals surface area contributed by atoms with Crippen LogP contribution in [0.15, 0.2) is 0 Å². The van der Waals surface area contributed by atoms with E-state index in [1.807, 2.05) is 0 Å². The quantitative estimate of drug-likeness (QED) is 0.825. The van der Waals surface area contributed by atoms with Gasteiger partial charge in [0.1, 0.15) is 0 Å². The van der Waals surface area contributed by atoms with Crippen LogP contribution in [0.4, 0.5) is 0 Å². The fourth-order valence-corrected chi connectivity index (χ4v) is 9.39. The first-order chi connectivity index (χ1) is 11.0. The molecule has 0 amide bonds. The molecule has 0 aromatic carbocycles. The molecule has 4 saturated carbocycles. The maximum absolute atomic E-state index is 10.1. The van der Waals surface area contributed by atoms with Gasteiger partial charge in [-0.1, -0.05) is 27.2 Å². The van der Waals surface area contributed by atoms with Crippen molar-refractivity contribution in [1.82, 2.24) is 5.32 Å². The van der Waals surface area contributed by atoms with Gasteiger partial charge in [-0.25, -0.2) is 0 Å². The van der Waals surface area contributed by atoms with Gasteiger partial charge in [0, 0.05) is 18.7 Å². The molecule has 0 radical (unpaired) electrons. The molecule has 2 nitrogen and oxygen atoms in total. The molecular weight excluding hydrogens is 282 g/mol. The number of rotatable bonds is 3. The number of hydrogen-bond donors (Lipinski definition) is 2. The van der Waals surface area contributed by atoms with Gasteiger partial charge in [0.05, 0.1) is 0 Å². The predicted molar refractivity (Wildman–Crippen MR) is 93.0 cm³/mol. The van der Waals surface area contributed by atoms with Gasteiger partial charge in [-0.3, -0.25) is 0 Å². The lowest BCUT2D eigenvalue weighted by Crippen LogP contribution is -2.80. The first-order valence-corrected chi connectivity index (χ1v) is 10.4. The number of piperidine rings is 2. The van der Waals surface area contributed by atoms with Crippen LogP contribution < -0.4 is 5.32 Å². The lowest BCUT2D eigenvalue weighted by Gasteiger charge is -2.76. The van der Waals surface area contributed by atoms with Gasteiger partial charge in [0.2, 0.25) is 0 Å². The fourth-order valence-electron chi connectivity index (χ4n) is 9.39. The van der Waals surface area contributed by atoms with E-state index in [0.717, 1.165) is 36.1 Å². The van der Waals surface area contributed by atoms with E-state index in [1.54, 1.807) is 0 Å². The van der Waals surface area contributed by atoms with Crippen molar-refractivity contribution < 1.29 is 5.11 Å². The average molecular weight is 318 g/mol. The van der Waals surface area contributed by atoms with Crippen LogP contribution in [0.1, 0.15) is 72.1 Å². The van der Waals surface area contributed by atoms with Crippen molar-refractivity contribution in [3.05, 3.63) is 0 Å². The Morgan fingerprint density at radius 2 is 1.91 bits per heavy atom. The molecule has 4 aliphatic carbocycles. The minimum Gasteiger partial charge on any atom is -0.396 e. The number of nitrogens with one attached hydrogen (secondary N) is 1. The highest BCUT2D eigenvalue weighted by Gasteiger charge is 2.79. The van der Waals surface area contributed by atoms with E-state index in [9.17, 15) is 5.11 Å². The van der Waals surface area contributed by atoms with Crippen molar-refractivity contribution in [3.8, 4) is 0 Å². The summed E-state index contributed by atoms with van der Waals surface area (Å²) < 4.78 is 0. The molecule has 130 valence electrons. The summed E-state index contributed by atoms with van der Waals surface area (Å²) in [5, 5.41) is 14.4. The summed E-state index contributed by atoms with van der Waals surface area (Å²) in [7, 11) is 0. The van der Waals surface area contributed by atoms with E-state index in [-0.39, 0.29) is 0 Å². The van der Waals surface area contributed by atoms with Gasteiger partial charge in [-0.05, 0) is 84.9 Å². The molecule has 8 atom stereocenters. The highest BCUT2D eigenvalue weighted by atomic mass is 16.3. The van der Waals surface area contributed by atoms with Crippen molar-refractivity contribution in [2.24, 2.45) is 39.9 Å². The molecular formula is C21H35NO. The third kappa shape index (κ3) is 1.43. The second kappa shape index (κ2) is 4.55. The van der Waals surface area contributed by atoms with Crippen molar-refractivity contribution in [3.63, 3.8) is 0 Å². The molecule has 6 rings (SSSR count). The third-order valence-electron chi connectivity index (χ3n) is 10.00. The van der Waals surface area contributed by atoms with Gasteiger partial charge in [0.15, 0.2) is 0 Å². The molecule has 0 aromatic rings. The number of aliphatic hydroxyl groups is 1. The van der Waals surface area contributed by atoms with E-state index in [0.29, 0.717) is 28.9 Å².